The molecule has 0 aromatic rings. The number of hydrogen-bond acceptors (Lipinski definition) is 4. The van der Waals surface area contributed by atoms with Gasteiger partial charge in [-0.05, 0) is 59.1 Å². The number of rotatable bonds is 7. The third kappa shape index (κ3) is 6.54. The molecule has 1 unspecified atom stereocenters. The van der Waals surface area contributed by atoms with Crippen molar-refractivity contribution in [2.24, 2.45) is 0 Å². The van der Waals surface area contributed by atoms with Gasteiger partial charge in [0.05, 0.1) is 0 Å². The third-order valence-electron chi connectivity index (χ3n) is 4.80. The third-order valence-corrected chi connectivity index (χ3v) is 6.39. The molecule has 0 saturated carbocycles. The van der Waals surface area contributed by atoms with Crippen molar-refractivity contribution in [2.45, 2.75) is 83.1 Å². The summed E-state index contributed by atoms with van der Waals surface area (Å²) in [4.78, 5) is 14.4. The van der Waals surface area contributed by atoms with Crippen LogP contribution in [0.25, 0.3) is 0 Å². The van der Waals surface area contributed by atoms with Crippen molar-refractivity contribution in [1.29, 1.82) is 0 Å². The maximum atomic E-state index is 12.4. The molecule has 5 heteroatoms. The number of piperidine rings is 1. The van der Waals surface area contributed by atoms with Crippen LogP contribution in [0, 0.1) is 0 Å². The van der Waals surface area contributed by atoms with Gasteiger partial charge in [0.1, 0.15) is 5.60 Å². The summed E-state index contributed by atoms with van der Waals surface area (Å²) in [7, 11) is 0. The minimum atomic E-state index is -0.426. The number of ether oxygens (including phenoxy) is 1. The highest BCUT2D eigenvalue weighted by atomic mass is 32.2. The second-order valence-corrected chi connectivity index (χ2v) is 8.82. The van der Waals surface area contributed by atoms with Crippen molar-refractivity contribution in [1.82, 2.24) is 10.2 Å². The van der Waals surface area contributed by atoms with Crippen LogP contribution in [-0.2, 0) is 4.74 Å². The molecule has 1 aliphatic heterocycles. The fourth-order valence-electron chi connectivity index (χ4n) is 3.10. The molecule has 0 aliphatic carbocycles. The summed E-state index contributed by atoms with van der Waals surface area (Å²) in [5.41, 5.74) is -0.426. The molecule has 0 aromatic heterocycles. The Kier molecular flexibility index (Phi) is 8.22. The topological polar surface area (TPSA) is 41.6 Å². The Bertz CT molecular complexity index is 356. The maximum Gasteiger partial charge on any atom is 0.410 e. The number of carbonyl (C=O) groups excluding carboxylic acids is 1. The number of amides is 1. The SMILES string of the molecule is CCC(CC)(CNCC1CCCCN1C(=O)OC(C)(C)C)SC. The lowest BCUT2D eigenvalue weighted by Crippen LogP contribution is -2.51. The van der Waals surface area contributed by atoms with Gasteiger partial charge >= 0.3 is 6.09 Å². The Labute approximate surface area is 147 Å². The summed E-state index contributed by atoms with van der Waals surface area (Å²) in [6, 6.07) is 0.256. The van der Waals surface area contributed by atoms with Gasteiger partial charge in [-0.15, -0.1) is 0 Å². The molecule has 136 valence electrons. The van der Waals surface area contributed by atoms with Crippen LogP contribution in [0.1, 0.15) is 66.7 Å². The fourth-order valence-corrected chi connectivity index (χ4v) is 3.92. The van der Waals surface area contributed by atoms with Gasteiger partial charge in [-0.2, -0.15) is 11.8 Å². The van der Waals surface area contributed by atoms with E-state index >= 15 is 0 Å². The molecule has 0 radical (unpaired) electrons. The second-order valence-electron chi connectivity index (χ2n) is 7.55. The highest BCUT2D eigenvalue weighted by Gasteiger charge is 2.31. The molecule has 0 spiro atoms. The van der Waals surface area contributed by atoms with E-state index < -0.39 is 5.60 Å². The maximum absolute atomic E-state index is 12.4. The standard InChI is InChI=1S/C18H36N2O2S/c1-7-18(8-2,23-6)14-19-13-15-11-9-10-12-20(15)16(21)22-17(3,4)5/h15,19H,7-14H2,1-6H3. The van der Waals surface area contributed by atoms with Crippen LogP contribution >= 0.6 is 11.8 Å². The fraction of sp³-hybridized carbons (Fsp3) is 0.944. The van der Waals surface area contributed by atoms with Crippen LogP contribution in [0.5, 0.6) is 0 Å². The highest BCUT2D eigenvalue weighted by Crippen LogP contribution is 2.29. The van der Waals surface area contributed by atoms with Crippen molar-refractivity contribution in [2.75, 3.05) is 25.9 Å². The summed E-state index contributed by atoms with van der Waals surface area (Å²) in [6.07, 6.45) is 7.70. The summed E-state index contributed by atoms with van der Waals surface area (Å²) in [5.74, 6) is 0. The van der Waals surface area contributed by atoms with E-state index in [4.69, 9.17) is 4.74 Å². The lowest BCUT2D eigenvalue weighted by atomic mass is 10.0. The van der Waals surface area contributed by atoms with Crippen LogP contribution < -0.4 is 5.32 Å². The Morgan fingerprint density at radius 2 is 1.91 bits per heavy atom. The predicted molar refractivity (Wildman–Crippen MR) is 100 cm³/mol. The molecule has 0 aromatic carbocycles. The molecule has 1 saturated heterocycles. The van der Waals surface area contributed by atoms with Gasteiger partial charge in [-0.3, -0.25) is 0 Å². The predicted octanol–water partition coefficient (Wildman–Crippen LogP) is 4.29. The number of nitrogens with one attached hydrogen (secondary N) is 1. The molecular formula is C18H36N2O2S. The van der Waals surface area contributed by atoms with Crippen molar-refractivity contribution in [3.63, 3.8) is 0 Å². The van der Waals surface area contributed by atoms with Crippen molar-refractivity contribution >= 4 is 17.9 Å². The Morgan fingerprint density at radius 3 is 2.43 bits per heavy atom. The van der Waals surface area contributed by atoms with E-state index in [2.05, 4.69) is 25.4 Å². The van der Waals surface area contributed by atoms with Gasteiger partial charge in [-0.1, -0.05) is 13.8 Å². The number of nitrogens with zero attached hydrogens (tertiary/aromatic N) is 1. The molecule has 1 N–H and O–H groups in total. The molecule has 0 bridgehead atoms. The van der Waals surface area contributed by atoms with Crippen LogP contribution in [0.3, 0.4) is 0 Å². The Balaban J connectivity index is 2.57. The van der Waals surface area contributed by atoms with E-state index in [0.717, 1.165) is 45.3 Å². The van der Waals surface area contributed by atoms with Crippen LogP contribution in [0.15, 0.2) is 0 Å². The molecule has 4 nitrogen and oxygen atoms in total. The van der Waals surface area contributed by atoms with Crippen molar-refractivity contribution in [3.8, 4) is 0 Å². The highest BCUT2D eigenvalue weighted by molar-refractivity contribution is 8.00. The second kappa shape index (κ2) is 9.16. The van der Waals surface area contributed by atoms with Gasteiger partial charge in [0.25, 0.3) is 0 Å². The molecule has 1 amide bonds. The molecule has 1 aliphatic rings. The zero-order valence-corrected chi connectivity index (χ0v) is 16.7. The minimum absolute atomic E-state index is 0.161. The van der Waals surface area contributed by atoms with E-state index in [-0.39, 0.29) is 12.1 Å². The van der Waals surface area contributed by atoms with Crippen LogP contribution in [-0.4, -0.2) is 53.3 Å². The monoisotopic (exact) mass is 344 g/mol. The van der Waals surface area contributed by atoms with Crippen molar-refractivity contribution in [3.05, 3.63) is 0 Å². The van der Waals surface area contributed by atoms with E-state index in [1.807, 2.05) is 37.4 Å². The minimum Gasteiger partial charge on any atom is -0.444 e. The molecule has 1 fully saturated rings. The lowest BCUT2D eigenvalue weighted by molar-refractivity contribution is 0.00992. The molecule has 1 heterocycles. The smallest absolute Gasteiger partial charge is 0.410 e. The summed E-state index contributed by atoms with van der Waals surface area (Å²) in [6.45, 7) is 13.0. The summed E-state index contributed by atoms with van der Waals surface area (Å²) < 4.78 is 5.88. The first kappa shape index (κ1) is 20.6. The first-order chi connectivity index (χ1) is 10.8. The first-order valence-electron chi connectivity index (χ1n) is 9.02. The van der Waals surface area contributed by atoms with Crippen LogP contribution in [0.4, 0.5) is 4.79 Å². The normalized spacial score (nSPS) is 19.7. The average molecular weight is 345 g/mol. The van der Waals surface area contributed by atoms with E-state index in [9.17, 15) is 4.79 Å². The van der Waals surface area contributed by atoms with Gasteiger partial charge in [0.2, 0.25) is 0 Å². The van der Waals surface area contributed by atoms with Gasteiger partial charge in [0.15, 0.2) is 0 Å². The van der Waals surface area contributed by atoms with Gasteiger partial charge in [0, 0.05) is 30.4 Å². The Morgan fingerprint density at radius 1 is 1.26 bits per heavy atom. The van der Waals surface area contributed by atoms with Gasteiger partial charge < -0.3 is 15.0 Å². The number of likely N-dealkylation sites (tertiary alicyclic amines) is 1. The van der Waals surface area contributed by atoms with Gasteiger partial charge in [-0.25, -0.2) is 4.79 Å². The quantitative estimate of drug-likeness (QED) is 0.748. The number of hydrogen-bond donors (Lipinski definition) is 1. The zero-order valence-electron chi connectivity index (χ0n) is 15.9. The van der Waals surface area contributed by atoms with Crippen molar-refractivity contribution < 1.29 is 9.53 Å². The lowest BCUT2D eigenvalue weighted by Gasteiger charge is -2.38. The largest absolute Gasteiger partial charge is 0.444 e. The average Bonchev–Trinajstić information content (AvgIpc) is 2.51. The van der Waals surface area contributed by atoms with Crippen LogP contribution in [0.2, 0.25) is 0 Å². The number of carbonyl (C=O) groups is 1. The Hall–Kier alpha value is -0.420. The zero-order chi connectivity index (χ0) is 17.5. The summed E-state index contributed by atoms with van der Waals surface area (Å²) in [5, 5.41) is 3.63. The first-order valence-corrected chi connectivity index (χ1v) is 10.2. The van der Waals surface area contributed by atoms with E-state index in [1.54, 1.807) is 0 Å². The van der Waals surface area contributed by atoms with E-state index in [0.29, 0.717) is 4.75 Å². The molecule has 1 atom stereocenters. The number of thioether (sulfide) groups is 1. The molecular weight excluding hydrogens is 308 g/mol. The molecule has 1 rings (SSSR count). The summed E-state index contributed by atoms with van der Waals surface area (Å²) >= 11 is 1.95. The van der Waals surface area contributed by atoms with E-state index in [1.165, 1.54) is 6.42 Å². The molecule has 23 heavy (non-hydrogen) atoms.